The molecule has 20 heavy (non-hydrogen) atoms. The molecule has 2 aromatic rings. The van der Waals surface area contributed by atoms with E-state index >= 15 is 0 Å². The highest BCUT2D eigenvalue weighted by molar-refractivity contribution is 6.05. The Morgan fingerprint density at radius 2 is 1.80 bits per heavy atom. The number of hydrogen-bond acceptors (Lipinski definition) is 3. The number of anilines is 1. The molecule has 0 spiro atoms. The number of hydrogen-bond donors (Lipinski definition) is 2. The van der Waals surface area contributed by atoms with Crippen molar-refractivity contribution in [2.24, 2.45) is 5.16 Å². The molecule has 0 bridgehead atoms. The van der Waals surface area contributed by atoms with Gasteiger partial charge in [0.2, 0.25) is 0 Å². The highest BCUT2D eigenvalue weighted by Gasteiger charge is 2.10. The van der Waals surface area contributed by atoms with E-state index in [1.54, 1.807) is 37.3 Å². The van der Waals surface area contributed by atoms with Crippen molar-refractivity contribution in [2.45, 2.75) is 6.92 Å². The molecule has 0 saturated carbocycles. The van der Waals surface area contributed by atoms with Gasteiger partial charge in [0.15, 0.2) is 0 Å². The second kappa shape index (κ2) is 5.97. The Kier molecular flexibility index (Phi) is 4.10. The number of amides is 1. The van der Waals surface area contributed by atoms with Gasteiger partial charge in [0, 0.05) is 5.69 Å². The van der Waals surface area contributed by atoms with E-state index in [0.717, 1.165) is 5.56 Å². The minimum atomic E-state index is -0.565. The first-order valence-corrected chi connectivity index (χ1v) is 5.97. The lowest BCUT2D eigenvalue weighted by Crippen LogP contribution is -2.13. The van der Waals surface area contributed by atoms with Gasteiger partial charge in [-0.25, -0.2) is 4.39 Å². The fourth-order valence-electron chi connectivity index (χ4n) is 1.70. The molecule has 0 aliphatic rings. The summed E-state index contributed by atoms with van der Waals surface area (Å²) in [4.78, 5) is 11.9. The molecule has 0 aromatic heterocycles. The predicted molar refractivity (Wildman–Crippen MR) is 74.8 cm³/mol. The molecule has 0 aliphatic carbocycles. The maximum atomic E-state index is 13.5. The second-order valence-corrected chi connectivity index (χ2v) is 4.20. The van der Waals surface area contributed by atoms with E-state index in [9.17, 15) is 9.18 Å². The van der Waals surface area contributed by atoms with Crippen LogP contribution in [0.25, 0.3) is 0 Å². The fraction of sp³-hybridized carbons (Fsp3) is 0.0667. The average Bonchev–Trinajstić information content (AvgIpc) is 2.47. The van der Waals surface area contributed by atoms with Crippen molar-refractivity contribution in [3.8, 4) is 0 Å². The van der Waals surface area contributed by atoms with Crippen LogP contribution in [-0.4, -0.2) is 16.8 Å². The van der Waals surface area contributed by atoms with Crippen LogP contribution in [0.4, 0.5) is 10.1 Å². The van der Waals surface area contributed by atoms with Crippen LogP contribution in [0.5, 0.6) is 0 Å². The summed E-state index contributed by atoms with van der Waals surface area (Å²) < 4.78 is 13.5. The number of rotatable bonds is 3. The van der Waals surface area contributed by atoms with E-state index in [1.165, 1.54) is 18.2 Å². The number of benzene rings is 2. The Balaban J connectivity index is 2.15. The summed E-state index contributed by atoms with van der Waals surface area (Å²) in [5.41, 5.74) is 1.73. The van der Waals surface area contributed by atoms with Gasteiger partial charge in [0.05, 0.1) is 11.3 Å². The first-order valence-electron chi connectivity index (χ1n) is 5.97. The predicted octanol–water partition coefficient (Wildman–Crippen LogP) is 3.28. The average molecular weight is 272 g/mol. The smallest absolute Gasteiger partial charge is 0.258 e. The van der Waals surface area contributed by atoms with E-state index in [4.69, 9.17) is 5.21 Å². The highest BCUT2D eigenvalue weighted by atomic mass is 19.1. The maximum Gasteiger partial charge on any atom is 0.258 e. The Labute approximate surface area is 115 Å². The molecular weight excluding hydrogens is 259 g/mol. The Hall–Kier alpha value is -2.69. The van der Waals surface area contributed by atoms with Crippen LogP contribution >= 0.6 is 0 Å². The van der Waals surface area contributed by atoms with Gasteiger partial charge in [-0.1, -0.05) is 29.4 Å². The molecule has 0 aliphatic heterocycles. The van der Waals surface area contributed by atoms with E-state index in [-0.39, 0.29) is 5.56 Å². The molecular formula is C15H13FN2O2. The van der Waals surface area contributed by atoms with Crippen molar-refractivity contribution in [2.75, 3.05) is 5.32 Å². The lowest BCUT2D eigenvalue weighted by molar-refractivity contribution is 0.102. The summed E-state index contributed by atoms with van der Waals surface area (Å²) in [6.45, 7) is 1.66. The summed E-state index contributed by atoms with van der Waals surface area (Å²) >= 11 is 0. The molecule has 0 fully saturated rings. The zero-order valence-corrected chi connectivity index (χ0v) is 10.8. The molecule has 1 amide bonds. The van der Waals surface area contributed by atoms with Crippen LogP contribution in [0, 0.1) is 5.82 Å². The first kappa shape index (κ1) is 13.7. The number of carbonyl (C=O) groups excluding carboxylic acids is 1. The zero-order valence-electron chi connectivity index (χ0n) is 10.8. The van der Waals surface area contributed by atoms with Crippen LogP contribution in [0.1, 0.15) is 22.8 Å². The number of oxime groups is 1. The zero-order chi connectivity index (χ0) is 14.5. The number of halogens is 1. The summed E-state index contributed by atoms with van der Waals surface area (Å²) in [5.74, 6) is -1.08. The van der Waals surface area contributed by atoms with Crippen LogP contribution in [-0.2, 0) is 0 Å². The highest BCUT2D eigenvalue weighted by Crippen LogP contribution is 2.13. The minimum Gasteiger partial charge on any atom is -0.411 e. The van der Waals surface area contributed by atoms with Crippen LogP contribution < -0.4 is 5.32 Å². The molecule has 0 heterocycles. The van der Waals surface area contributed by atoms with Gasteiger partial charge >= 0.3 is 0 Å². The third-order valence-corrected chi connectivity index (χ3v) is 2.83. The monoisotopic (exact) mass is 272 g/mol. The number of nitrogens with zero attached hydrogens (tertiary/aromatic N) is 1. The van der Waals surface area contributed by atoms with E-state index < -0.39 is 11.7 Å². The fourth-order valence-corrected chi connectivity index (χ4v) is 1.70. The van der Waals surface area contributed by atoms with Crippen molar-refractivity contribution in [1.29, 1.82) is 0 Å². The Bertz CT molecular complexity index is 651. The Morgan fingerprint density at radius 1 is 1.15 bits per heavy atom. The van der Waals surface area contributed by atoms with Gasteiger partial charge in [0.25, 0.3) is 5.91 Å². The summed E-state index contributed by atoms with van der Waals surface area (Å²) in [5, 5.41) is 14.3. The molecule has 2 rings (SSSR count). The third kappa shape index (κ3) is 3.00. The van der Waals surface area contributed by atoms with E-state index in [2.05, 4.69) is 10.5 Å². The number of nitrogens with one attached hydrogen (secondary N) is 1. The van der Waals surface area contributed by atoms with Crippen molar-refractivity contribution >= 4 is 17.3 Å². The second-order valence-electron chi connectivity index (χ2n) is 4.20. The topological polar surface area (TPSA) is 61.7 Å². The molecule has 0 atom stereocenters. The van der Waals surface area contributed by atoms with Gasteiger partial charge in [-0.3, -0.25) is 4.79 Å². The van der Waals surface area contributed by atoms with Gasteiger partial charge < -0.3 is 10.5 Å². The minimum absolute atomic E-state index is 0.00956. The van der Waals surface area contributed by atoms with Crippen LogP contribution in [0.3, 0.4) is 0 Å². The molecule has 102 valence electrons. The van der Waals surface area contributed by atoms with E-state index in [0.29, 0.717) is 11.4 Å². The molecule has 0 saturated heterocycles. The maximum absolute atomic E-state index is 13.5. The van der Waals surface area contributed by atoms with Crippen LogP contribution in [0.2, 0.25) is 0 Å². The normalized spacial score (nSPS) is 11.2. The molecule has 2 aromatic carbocycles. The largest absolute Gasteiger partial charge is 0.411 e. The van der Waals surface area contributed by atoms with Crippen molar-refractivity contribution in [3.63, 3.8) is 0 Å². The van der Waals surface area contributed by atoms with Gasteiger partial charge in [-0.15, -0.1) is 0 Å². The third-order valence-electron chi connectivity index (χ3n) is 2.83. The summed E-state index contributed by atoms with van der Waals surface area (Å²) in [6, 6.07) is 12.5. The van der Waals surface area contributed by atoms with Gasteiger partial charge in [-0.2, -0.15) is 0 Å². The van der Waals surface area contributed by atoms with Crippen molar-refractivity contribution in [3.05, 3.63) is 65.5 Å². The van der Waals surface area contributed by atoms with Crippen molar-refractivity contribution < 1.29 is 14.4 Å². The van der Waals surface area contributed by atoms with Gasteiger partial charge in [0.1, 0.15) is 5.82 Å². The first-order chi connectivity index (χ1) is 9.61. The molecule has 0 radical (unpaired) electrons. The van der Waals surface area contributed by atoms with Crippen molar-refractivity contribution in [1.82, 2.24) is 0 Å². The molecule has 5 heteroatoms. The summed E-state index contributed by atoms with van der Waals surface area (Å²) in [6.07, 6.45) is 0. The van der Waals surface area contributed by atoms with E-state index in [1.807, 2.05) is 0 Å². The number of carbonyl (C=O) groups is 1. The standard InChI is InChI=1S/C15H13FN2O2/c1-10(18-20)11-6-8-12(9-7-11)17-15(19)13-4-2-3-5-14(13)16/h2-9,20H,1H3,(H,17,19)/b18-10+. The SMILES string of the molecule is C/C(=N\O)c1ccc(NC(=O)c2ccccc2F)cc1. The summed E-state index contributed by atoms with van der Waals surface area (Å²) in [7, 11) is 0. The lowest BCUT2D eigenvalue weighted by atomic mass is 10.1. The van der Waals surface area contributed by atoms with Crippen LogP contribution in [0.15, 0.2) is 53.7 Å². The quantitative estimate of drug-likeness (QED) is 0.511. The molecule has 4 nitrogen and oxygen atoms in total. The van der Waals surface area contributed by atoms with Gasteiger partial charge in [-0.05, 0) is 36.8 Å². The molecule has 2 N–H and O–H groups in total. The lowest BCUT2D eigenvalue weighted by Gasteiger charge is -2.07. The molecule has 0 unspecified atom stereocenters. The Morgan fingerprint density at radius 3 is 2.40 bits per heavy atom.